The zero-order chi connectivity index (χ0) is 10.6. The highest BCUT2D eigenvalue weighted by Gasteiger charge is 2.20. The quantitative estimate of drug-likeness (QED) is 0.712. The predicted octanol–water partition coefficient (Wildman–Crippen LogP) is 0.787. The summed E-state index contributed by atoms with van der Waals surface area (Å²) < 4.78 is 21.2. The summed E-state index contributed by atoms with van der Waals surface area (Å²) in [6.45, 7) is 8.80. The summed E-state index contributed by atoms with van der Waals surface area (Å²) in [4.78, 5) is 2.37. The molecular weight excluding hydrogens is 200 g/mol. The van der Waals surface area contributed by atoms with Gasteiger partial charge in [0.25, 0.3) is 0 Å². The van der Waals surface area contributed by atoms with Gasteiger partial charge in [-0.2, -0.15) is 4.31 Å². The third-order valence-electron chi connectivity index (χ3n) is 2.82. The molecule has 2 atom stereocenters. The van der Waals surface area contributed by atoms with Gasteiger partial charge in [0.2, 0.25) is 11.3 Å². The van der Waals surface area contributed by atoms with E-state index < -0.39 is 11.3 Å². The van der Waals surface area contributed by atoms with Gasteiger partial charge in [0.1, 0.15) is 0 Å². The molecule has 0 saturated carbocycles. The third kappa shape index (κ3) is 3.65. The fourth-order valence-corrected chi connectivity index (χ4v) is 2.11. The number of nitrogens with zero attached hydrogens (tertiary/aromatic N) is 2. The van der Waals surface area contributed by atoms with E-state index in [0.717, 1.165) is 25.6 Å². The van der Waals surface area contributed by atoms with Crippen LogP contribution in [-0.4, -0.2) is 50.7 Å². The Kier molecular flexibility index (Phi) is 5.01. The smallest absolute Gasteiger partial charge is 0.234 e. The van der Waals surface area contributed by atoms with Crippen molar-refractivity contribution in [2.75, 3.05) is 32.7 Å². The van der Waals surface area contributed by atoms with Crippen LogP contribution < -0.4 is 0 Å². The van der Waals surface area contributed by atoms with Gasteiger partial charge < -0.3 is 4.90 Å². The maximum absolute atomic E-state index is 10.8. The average molecular weight is 220 g/mol. The maximum Gasteiger partial charge on any atom is 0.234 e. The molecule has 1 unspecified atom stereocenters. The van der Waals surface area contributed by atoms with Crippen LogP contribution in [0.2, 0.25) is 0 Å². The zero-order valence-corrected chi connectivity index (χ0v) is 9.79. The van der Waals surface area contributed by atoms with Gasteiger partial charge in [-0.05, 0) is 5.92 Å². The molecule has 14 heavy (non-hydrogen) atoms. The van der Waals surface area contributed by atoms with Crippen LogP contribution >= 0.6 is 0 Å². The summed E-state index contributed by atoms with van der Waals surface area (Å²) in [6, 6.07) is 0. The van der Waals surface area contributed by atoms with E-state index in [1.54, 1.807) is 4.31 Å². The first-order valence-electron chi connectivity index (χ1n) is 5.21. The second-order valence-electron chi connectivity index (χ2n) is 3.97. The first-order chi connectivity index (χ1) is 6.63. The summed E-state index contributed by atoms with van der Waals surface area (Å²) in [7, 11) is 0. The highest BCUT2D eigenvalue weighted by atomic mass is 32.2. The highest BCUT2D eigenvalue weighted by Crippen LogP contribution is 2.08. The van der Waals surface area contributed by atoms with Gasteiger partial charge in [-0.1, -0.05) is 20.3 Å². The monoisotopic (exact) mass is 220 g/mol. The molecule has 4 nitrogen and oxygen atoms in total. The van der Waals surface area contributed by atoms with Crippen molar-refractivity contribution in [1.29, 1.82) is 0 Å². The van der Waals surface area contributed by atoms with Gasteiger partial charge in [-0.3, -0.25) is 4.55 Å². The molecular formula is C9H20N2O2S. The minimum atomic E-state index is -1.77. The largest absolute Gasteiger partial charge is 0.300 e. The molecule has 0 spiro atoms. The Labute approximate surface area is 88.7 Å². The molecule has 1 rings (SSSR count). The molecule has 0 amide bonds. The van der Waals surface area contributed by atoms with Gasteiger partial charge in [-0.15, -0.1) is 0 Å². The van der Waals surface area contributed by atoms with Crippen LogP contribution in [0.1, 0.15) is 20.3 Å². The van der Waals surface area contributed by atoms with E-state index in [0.29, 0.717) is 13.1 Å². The molecule has 0 aromatic rings. The summed E-state index contributed by atoms with van der Waals surface area (Å²) in [5.74, 6) is 0.723. The molecule has 1 aliphatic heterocycles. The van der Waals surface area contributed by atoms with Crippen molar-refractivity contribution in [1.82, 2.24) is 9.21 Å². The summed E-state index contributed by atoms with van der Waals surface area (Å²) in [6.07, 6.45) is 1.20. The van der Waals surface area contributed by atoms with E-state index in [2.05, 4.69) is 18.7 Å². The molecule has 5 heteroatoms. The average Bonchev–Trinajstić information content (AvgIpc) is 2.18. The fourth-order valence-electron chi connectivity index (χ4n) is 1.64. The number of piperazine rings is 1. The third-order valence-corrected chi connectivity index (χ3v) is 3.63. The first-order valence-corrected chi connectivity index (χ1v) is 6.28. The summed E-state index contributed by atoms with van der Waals surface area (Å²) >= 11 is -1.77. The molecule has 0 bridgehead atoms. The Bertz CT molecular complexity index is 193. The minimum Gasteiger partial charge on any atom is -0.300 e. The van der Waals surface area contributed by atoms with Gasteiger partial charge >= 0.3 is 0 Å². The van der Waals surface area contributed by atoms with Gasteiger partial charge in [0, 0.05) is 32.7 Å². The fraction of sp³-hybridized carbons (Fsp3) is 1.00. The lowest BCUT2D eigenvalue weighted by molar-refractivity contribution is 0.166. The Hall–Kier alpha value is 0.0300. The molecule has 1 heterocycles. The van der Waals surface area contributed by atoms with Crippen LogP contribution in [-0.2, 0) is 11.3 Å². The standard InChI is InChI=1S/C9H20N2O2S/c1-3-9(2)8-10-4-6-11(7-5-10)14(12)13/h9H,3-8H2,1-2H3,(H,12,13)/t9-/m0/s1. The van der Waals surface area contributed by atoms with Crippen molar-refractivity contribution in [2.24, 2.45) is 5.92 Å². The van der Waals surface area contributed by atoms with Gasteiger partial charge in [0.15, 0.2) is 0 Å². The van der Waals surface area contributed by atoms with Crippen LogP contribution in [0.3, 0.4) is 0 Å². The predicted molar refractivity (Wildman–Crippen MR) is 58.2 cm³/mol. The lowest BCUT2D eigenvalue weighted by Gasteiger charge is -2.33. The Morgan fingerprint density at radius 2 is 1.93 bits per heavy atom. The zero-order valence-electron chi connectivity index (χ0n) is 8.98. The summed E-state index contributed by atoms with van der Waals surface area (Å²) in [5, 5.41) is 0. The molecule has 1 saturated heterocycles. The maximum atomic E-state index is 10.8. The molecule has 0 aromatic carbocycles. The molecule has 1 fully saturated rings. The Balaban J connectivity index is 2.25. The van der Waals surface area contributed by atoms with Gasteiger partial charge in [-0.25, -0.2) is 4.21 Å². The normalized spacial score (nSPS) is 24.8. The van der Waals surface area contributed by atoms with E-state index in [-0.39, 0.29) is 0 Å². The molecule has 0 aromatic heterocycles. The van der Waals surface area contributed by atoms with E-state index in [9.17, 15) is 4.21 Å². The van der Waals surface area contributed by atoms with Crippen molar-refractivity contribution in [2.45, 2.75) is 20.3 Å². The van der Waals surface area contributed by atoms with Crippen LogP contribution in [0, 0.1) is 5.92 Å². The van der Waals surface area contributed by atoms with Gasteiger partial charge in [0.05, 0.1) is 0 Å². The van der Waals surface area contributed by atoms with E-state index in [1.165, 1.54) is 6.42 Å². The van der Waals surface area contributed by atoms with Crippen molar-refractivity contribution < 1.29 is 8.76 Å². The SMILES string of the molecule is CC[C@H](C)CN1CCN(S(=O)O)CC1. The molecule has 0 aliphatic carbocycles. The second-order valence-corrected chi connectivity index (χ2v) is 4.95. The van der Waals surface area contributed by atoms with Crippen LogP contribution in [0.25, 0.3) is 0 Å². The molecule has 1 N–H and O–H groups in total. The molecule has 84 valence electrons. The topological polar surface area (TPSA) is 43.8 Å². The minimum absolute atomic E-state index is 0.708. The highest BCUT2D eigenvalue weighted by molar-refractivity contribution is 7.76. The summed E-state index contributed by atoms with van der Waals surface area (Å²) in [5.41, 5.74) is 0. The Morgan fingerprint density at radius 3 is 2.36 bits per heavy atom. The van der Waals surface area contributed by atoms with Crippen LogP contribution in [0.5, 0.6) is 0 Å². The van der Waals surface area contributed by atoms with E-state index in [1.807, 2.05) is 0 Å². The van der Waals surface area contributed by atoms with E-state index in [4.69, 9.17) is 4.55 Å². The number of hydrogen-bond acceptors (Lipinski definition) is 2. The number of hydrogen-bond donors (Lipinski definition) is 1. The lowest BCUT2D eigenvalue weighted by atomic mass is 10.1. The molecule has 0 radical (unpaired) electrons. The van der Waals surface area contributed by atoms with Crippen molar-refractivity contribution in [3.8, 4) is 0 Å². The van der Waals surface area contributed by atoms with Crippen molar-refractivity contribution in [3.63, 3.8) is 0 Å². The molecule has 1 aliphatic rings. The van der Waals surface area contributed by atoms with Crippen LogP contribution in [0.4, 0.5) is 0 Å². The van der Waals surface area contributed by atoms with Crippen molar-refractivity contribution >= 4 is 11.3 Å². The van der Waals surface area contributed by atoms with Crippen molar-refractivity contribution in [3.05, 3.63) is 0 Å². The Morgan fingerprint density at radius 1 is 1.36 bits per heavy atom. The number of rotatable bonds is 4. The second kappa shape index (κ2) is 5.80. The first kappa shape index (κ1) is 12.1. The van der Waals surface area contributed by atoms with E-state index >= 15 is 0 Å². The lowest BCUT2D eigenvalue weighted by Crippen LogP contribution is -2.47. The van der Waals surface area contributed by atoms with Crippen LogP contribution in [0.15, 0.2) is 0 Å².